The Bertz CT molecular complexity index is 866. The summed E-state index contributed by atoms with van der Waals surface area (Å²) in [7, 11) is 3.42. The number of rotatable bonds is 6. The first-order chi connectivity index (χ1) is 14.6. The van der Waals surface area contributed by atoms with Gasteiger partial charge in [0.05, 0.1) is 19.8 Å². The average Bonchev–Trinajstić information content (AvgIpc) is 2.79. The molecule has 0 bridgehead atoms. The van der Waals surface area contributed by atoms with Gasteiger partial charge in [-0.3, -0.25) is 4.90 Å². The Balaban J connectivity index is 1.67. The van der Waals surface area contributed by atoms with Crippen molar-refractivity contribution < 1.29 is 14.6 Å². The molecule has 1 saturated heterocycles. The molecule has 1 aliphatic heterocycles. The maximum Gasteiger partial charge on any atom is 0.123 e. The third-order valence-corrected chi connectivity index (χ3v) is 6.88. The molecule has 4 heteroatoms. The van der Waals surface area contributed by atoms with Gasteiger partial charge in [0.25, 0.3) is 0 Å². The number of hydrogen-bond donors (Lipinski definition) is 1. The zero-order valence-electron chi connectivity index (χ0n) is 18.1. The molecule has 3 atom stereocenters. The molecule has 2 aliphatic rings. The van der Waals surface area contributed by atoms with Crippen LogP contribution in [0.25, 0.3) is 6.08 Å². The van der Waals surface area contributed by atoms with E-state index in [4.69, 9.17) is 9.47 Å². The zero-order chi connectivity index (χ0) is 21.0. The summed E-state index contributed by atoms with van der Waals surface area (Å²) in [5, 5.41) is 11.5. The summed E-state index contributed by atoms with van der Waals surface area (Å²) in [6.45, 7) is 1.71. The Labute approximate surface area is 180 Å². The molecule has 4 nitrogen and oxygen atoms in total. The molecule has 1 aliphatic carbocycles. The summed E-state index contributed by atoms with van der Waals surface area (Å²) in [5.74, 6) is 1.90. The predicted octanol–water partition coefficient (Wildman–Crippen LogP) is 5.09. The van der Waals surface area contributed by atoms with Crippen molar-refractivity contribution in [1.82, 2.24) is 4.90 Å². The van der Waals surface area contributed by atoms with Gasteiger partial charge in [0.1, 0.15) is 11.5 Å². The second-order valence-electron chi connectivity index (χ2n) is 8.57. The van der Waals surface area contributed by atoms with E-state index in [0.29, 0.717) is 0 Å². The van der Waals surface area contributed by atoms with Crippen LogP contribution >= 0.6 is 0 Å². The molecular weight excluding hydrogens is 374 g/mol. The largest absolute Gasteiger partial charge is 0.497 e. The van der Waals surface area contributed by atoms with Crippen molar-refractivity contribution >= 4 is 6.08 Å². The molecule has 4 rings (SSSR count). The number of likely N-dealkylation sites (tertiary alicyclic amines) is 1. The summed E-state index contributed by atoms with van der Waals surface area (Å²) in [5.41, 5.74) is 1.74. The number of fused-ring (bicyclic) bond motifs is 1. The van der Waals surface area contributed by atoms with Gasteiger partial charge in [-0.05, 0) is 43.0 Å². The fraction of sp³-hybridized carbons (Fsp3) is 0.462. The minimum atomic E-state index is -0.587. The first-order valence-electron chi connectivity index (χ1n) is 11.0. The van der Waals surface area contributed by atoms with Crippen LogP contribution in [0.15, 0.2) is 54.6 Å². The van der Waals surface area contributed by atoms with Crippen molar-refractivity contribution in [3.8, 4) is 11.5 Å². The third-order valence-electron chi connectivity index (χ3n) is 6.88. The molecule has 0 unspecified atom stereocenters. The topological polar surface area (TPSA) is 41.9 Å². The van der Waals surface area contributed by atoms with Gasteiger partial charge < -0.3 is 14.6 Å². The highest BCUT2D eigenvalue weighted by Crippen LogP contribution is 2.51. The van der Waals surface area contributed by atoms with Crippen LogP contribution in [-0.2, 0) is 0 Å². The molecule has 1 N–H and O–H groups in total. The van der Waals surface area contributed by atoms with Crippen LogP contribution in [0.3, 0.4) is 0 Å². The molecule has 0 amide bonds. The SMILES string of the molecule is COc1ccc(OC)c([C@@H]2[C@@H]3CCCC[C@@]3(O)CCN2C/C=C/c2ccccc2)c1. The van der Waals surface area contributed by atoms with E-state index in [2.05, 4.69) is 47.4 Å². The van der Waals surface area contributed by atoms with Crippen LogP contribution in [0.2, 0.25) is 0 Å². The fourth-order valence-electron chi connectivity index (χ4n) is 5.32. The minimum absolute atomic E-state index is 0.106. The normalized spacial score (nSPS) is 27.0. The van der Waals surface area contributed by atoms with Gasteiger partial charge in [-0.2, -0.15) is 0 Å². The molecular formula is C26H33NO3. The maximum absolute atomic E-state index is 11.5. The monoisotopic (exact) mass is 407 g/mol. The fourth-order valence-corrected chi connectivity index (χ4v) is 5.32. The summed E-state index contributed by atoms with van der Waals surface area (Å²) in [4.78, 5) is 2.50. The first-order valence-corrected chi connectivity index (χ1v) is 11.0. The van der Waals surface area contributed by atoms with Gasteiger partial charge in [0, 0.05) is 30.6 Å². The minimum Gasteiger partial charge on any atom is -0.497 e. The summed E-state index contributed by atoms with van der Waals surface area (Å²) >= 11 is 0. The van der Waals surface area contributed by atoms with E-state index in [1.54, 1.807) is 14.2 Å². The number of piperidine rings is 1. The molecule has 30 heavy (non-hydrogen) atoms. The number of methoxy groups -OCH3 is 2. The highest BCUT2D eigenvalue weighted by molar-refractivity contribution is 5.49. The van der Waals surface area contributed by atoms with Gasteiger partial charge in [-0.15, -0.1) is 0 Å². The van der Waals surface area contributed by atoms with Gasteiger partial charge in [-0.1, -0.05) is 55.3 Å². The molecule has 1 heterocycles. The highest BCUT2D eigenvalue weighted by atomic mass is 16.5. The average molecular weight is 408 g/mol. The van der Waals surface area contributed by atoms with Crippen molar-refractivity contribution in [1.29, 1.82) is 0 Å². The number of nitrogens with zero attached hydrogens (tertiary/aromatic N) is 1. The number of aliphatic hydroxyl groups is 1. The highest BCUT2D eigenvalue weighted by Gasteiger charge is 2.49. The zero-order valence-corrected chi connectivity index (χ0v) is 18.1. The van der Waals surface area contributed by atoms with Crippen LogP contribution in [0.1, 0.15) is 49.3 Å². The molecule has 0 spiro atoms. The lowest BCUT2D eigenvalue weighted by Gasteiger charge is -2.52. The lowest BCUT2D eigenvalue weighted by Crippen LogP contribution is -2.54. The van der Waals surface area contributed by atoms with Gasteiger partial charge in [0.2, 0.25) is 0 Å². The Morgan fingerprint density at radius 1 is 1.07 bits per heavy atom. The van der Waals surface area contributed by atoms with E-state index >= 15 is 0 Å². The van der Waals surface area contributed by atoms with Crippen LogP contribution in [0.5, 0.6) is 11.5 Å². The van der Waals surface area contributed by atoms with Crippen molar-refractivity contribution in [2.75, 3.05) is 27.3 Å². The Morgan fingerprint density at radius 3 is 2.67 bits per heavy atom. The molecule has 2 aromatic carbocycles. The second-order valence-corrected chi connectivity index (χ2v) is 8.57. The van der Waals surface area contributed by atoms with Crippen LogP contribution < -0.4 is 9.47 Å². The maximum atomic E-state index is 11.5. The number of ether oxygens (including phenoxy) is 2. The lowest BCUT2D eigenvalue weighted by atomic mass is 9.66. The van der Waals surface area contributed by atoms with Gasteiger partial charge in [-0.25, -0.2) is 0 Å². The molecule has 2 aromatic rings. The Kier molecular flexibility index (Phi) is 6.45. The number of hydrogen-bond acceptors (Lipinski definition) is 4. The summed E-state index contributed by atoms with van der Waals surface area (Å²) in [6.07, 6.45) is 9.48. The van der Waals surface area contributed by atoms with Crippen molar-refractivity contribution in [2.45, 2.75) is 43.7 Å². The molecule has 1 saturated carbocycles. The van der Waals surface area contributed by atoms with E-state index in [1.807, 2.05) is 18.2 Å². The van der Waals surface area contributed by atoms with Crippen molar-refractivity contribution in [3.63, 3.8) is 0 Å². The van der Waals surface area contributed by atoms with E-state index in [1.165, 1.54) is 12.0 Å². The van der Waals surface area contributed by atoms with E-state index in [0.717, 1.165) is 55.8 Å². The van der Waals surface area contributed by atoms with Crippen LogP contribution in [0, 0.1) is 5.92 Å². The molecule has 0 aromatic heterocycles. The lowest BCUT2D eigenvalue weighted by molar-refractivity contribution is -0.122. The van der Waals surface area contributed by atoms with Gasteiger partial charge >= 0.3 is 0 Å². The van der Waals surface area contributed by atoms with Crippen molar-refractivity contribution in [2.24, 2.45) is 5.92 Å². The standard InChI is InChI=1S/C26H33NO3/c1-29-21-13-14-24(30-2)22(19-21)25-23-12-6-7-15-26(23,28)16-18-27(25)17-8-11-20-9-4-3-5-10-20/h3-5,8-11,13-14,19,23,25,28H,6-7,12,15-18H2,1-2H3/b11-8+/t23-,25+,26+/m0/s1. The molecule has 160 valence electrons. The predicted molar refractivity (Wildman–Crippen MR) is 121 cm³/mol. The van der Waals surface area contributed by atoms with Gasteiger partial charge in [0.15, 0.2) is 0 Å². The smallest absolute Gasteiger partial charge is 0.123 e. The van der Waals surface area contributed by atoms with Crippen LogP contribution in [0.4, 0.5) is 0 Å². The van der Waals surface area contributed by atoms with E-state index < -0.39 is 5.60 Å². The molecule has 0 radical (unpaired) electrons. The molecule has 2 fully saturated rings. The third kappa shape index (κ3) is 4.26. The Hall–Kier alpha value is -2.30. The second kappa shape index (κ2) is 9.23. The number of benzene rings is 2. The first kappa shape index (κ1) is 21.0. The van der Waals surface area contributed by atoms with Crippen LogP contribution in [-0.4, -0.2) is 42.9 Å². The summed E-state index contributed by atoms with van der Waals surface area (Å²) < 4.78 is 11.3. The van der Waals surface area contributed by atoms with E-state index in [-0.39, 0.29) is 12.0 Å². The van der Waals surface area contributed by atoms with E-state index in [9.17, 15) is 5.11 Å². The quantitative estimate of drug-likeness (QED) is 0.725. The summed E-state index contributed by atoms with van der Waals surface area (Å²) in [6, 6.07) is 16.5. The van der Waals surface area contributed by atoms with Crippen molar-refractivity contribution in [3.05, 3.63) is 65.7 Å². The Morgan fingerprint density at radius 2 is 1.90 bits per heavy atom.